The number of rotatable bonds is 8. The molecule has 2 heterocycles. The molecule has 6 nitrogen and oxygen atoms in total. The molecule has 3 aliphatic rings. The van der Waals surface area contributed by atoms with E-state index >= 15 is 0 Å². The summed E-state index contributed by atoms with van der Waals surface area (Å²) in [4.78, 5) is 17.9. The number of nitrogens with one attached hydrogen (secondary N) is 1. The number of hydrogen-bond acceptors (Lipinski definition) is 5. The van der Waals surface area contributed by atoms with Crippen molar-refractivity contribution in [2.24, 2.45) is 11.8 Å². The predicted molar refractivity (Wildman–Crippen MR) is 113 cm³/mol. The zero-order chi connectivity index (χ0) is 20.2. The fourth-order valence-corrected chi connectivity index (χ4v) is 4.87. The molecule has 4 rings (SSSR count). The Morgan fingerprint density at radius 1 is 1.07 bits per heavy atom. The van der Waals surface area contributed by atoms with Crippen LogP contribution < -0.4 is 14.8 Å². The molecule has 1 N–H and O–H groups in total. The summed E-state index contributed by atoms with van der Waals surface area (Å²) in [6, 6.07) is 6.56. The minimum Gasteiger partial charge on any atom is -0.493 e. The molecule has 6 heteroatoms. The third-order valence-electron chi connectivity index (χ3n) is 6.48. The van der Waals surface area contributed by atoms with Gasteiger partial charge in [-0.25, -0.2) is 0 Å². The van der Waals surface area contributed by atoms with Crippen LogP contribution in [0.2, 0.25) is 0 Å². The lowest BCUT2D eigenvalue weighted by Crippen LogP contribution is -2.48. The largest absolute Gasteiger partial charge is 0.493 e. The number of carbonyl (C=O) groups is 1. The van der Waals surface area contributed by atoms with Crippen LogP contribution in [0.5, 0.6) is 11.5 Å². The van der Waals surface area contributed by atoms with Crippen LogP contribution in [0, 0.1) is 11.8 Å². The van der Waals surface area contributed by atoms with Gasteiger partial charge in [-0.15, -0.1) is 0 Å². The molecule has 1 amide bonds. The molecule has 1 saturated carbocycles. The van der Waals surface area contributed by atoms with E-state index in [9.17, 15) is 4.79 Å². The van der Waals surface area contributed by atoms with Crippen molar-refractivity contribution in [2.75, 3.05) is 46.9 Å². The van der Waals surface area contributed by atoms with Crippen molar-refractivity contribution < 1.29 is 14.3 Å². The number of methoxy groups -OCH3 is 2. The highest BCUT2D eigenvalue weighted by Gasteiger charge is 2.35. The Kier molecular flexibility index (Phi) is 6.60. The molecule has 0 bridgehead atoms. The van der Waals surface area contributed by atoms with E-state index in [0.717, 1.165) is 56.9 Å². The Hall–Kier alpha value is -1.79. The summed E-state index contributed by atoms with van der Waals surface area (Å²) in [6.45, 7) is 6.28. The van der Waals surface area contributed by atoms with Crippen molar-refractivity contribution in [1.82, 2.24) is 15.1 Å². The average Bonchev–Trinajstić information content (AvgIpc) is 3.40. The second-order valence-corrected chi connectivity index (χ2v) is 8.97. The fraction of sp³-hybridized carbons (Fsp3) is 0.696. The quantitative estimate of drug-likeness (QED) is 0.725. The van der Waals surface area contributed by atoms with E-state index < -0.39 is 0 Å². The third-order valence-corrected chi connectivity index (χ3v) is 6.48. The Bertz CT molecular complexity index is 701. The van der Waals surface area contributed by atoms with Crippen molar-refractivity contribution in [3.8, 4) is 11.5 Å². The number of hydrogen-bond donors (Lipinski definition) is 1. The minimum atomic E-state index is 0.0945. The zero-order valence-corrected chi connectivity index (χ0v) is 17.9. The molecule has 1 aromatic carbocycles. The Morgan fingerprint density at radius 2 is 1.83 bits per heavy atom. The van der Waals surface area contributed by atoms with E-state index in [2.05, 4.69) is 27.2 Å². The topological polar surface area (TPSA) is 54.0 Å². The molecule has 0 radical (unpaired) electrons. The highest BCUT2D eigenvalue weighted by atomic mass is 16.5. The molecule has 2 aliphatic heterocycles. The molecule has 2 atom stereocenters. The van der Waals surface area contributed by atoms with Gasteiger partial charge < -0.3 is 19.7 Å². The summed E-state index contributed by atoms with van der Waals surface area (Å²) >= 11 is 0. The third kappa shape index (κ3) is 5.43. The lowest BCUT2D eigenvalue weighted by molar-refractivity contribution is -0.127. The van der Waals surface area contributed by atoms with E-state index in [1.165, 1.54) is 31.5 Å². The first-order chi connectivity index (χ1) is 14.1. The molecule has 3 fully saturated rings. The number of amides is 1. The number of carbonyl (C=O) groups excluding carboxylic acids is 1. The smallest absolute Gasteiger partial charge is 0.224 e. The van der Waals surface area contributed by atoms with E-state index in [4.69, 9.17) is 9.47 Å². The van der Waals surface area contributed by atoms with E-state index in [1.54, 1.807) is 14.2 Å². The molecule has 29 heavy (non-hydrogen) atoms. The lowest BCUT2D eigenvalue weighted by Gasteiger charge is -2.38. The highest BCUT2D eigenvalue weighted by molar-refractivity contribution is 5.79. The van der Waals surface area contributed by atoms with Gasteiger partial charge in [0.25, 0.3) is 0 Å². The van der Waals surface area contributed by atoms with Crippen LogP contribution in [0.1, 0.15) is 37.7 Å². The first-order valence-corrected chi connectivity index (χ1v) is 11.1. The van der Waals surface area contributed by atoms with E-state index in [1.807, 2.05) is 6.07 Å². The van der Waals surface area contributed by atoms with Crippen molar-refractivity contribution in [1.29, 1.82) is 0 Å². The van der Waals surface area contributed by atoms with Gasteiger partial charge in [-0.1, -0.05) is 6.07 Å². The van der Waals surface area contributed by atoms with Gasteiger partial charge in [-0.2, -0.15) is 0 Å². The standard InChI is InChI=1S/C23H35N3O3/c1-28-21-8-5-17(12-22(21)29-2)13-26-15-18(14-25-9-3-4-10-25)11-19(16-26)23(27)24-20-6-7-20/h5,8,12,18-20H,3-4,6-7,9-11,13-16H2,1-2H3,(H,24,27)/t18-,19-/m1/s1. The van der Waals surface area contributed by atoms with Gasteiger partial charge in [0.15, 0.2) is 11.5 Å². The summed E-state index contributed by atoms with van der Waals surface area (Å²) in [5.41, 5.74) is 1.20. The summed E-state index contributed by atoms with van der Waals surface area (Å²) in [5, 5.41) is 3.24. The van der Waals surface area contributed by atoms with E-state index in [-0.39, 0.29) is 11.8 Å². The zero-order valence-electron chi connectivity index (χ0n) is 17.9. The van der Waals surface area contributed by atoms with Crippen LogP contribution in [0.3, 0.4) is 0 Å². The van der Waals surface area contributed by atoms with Gasteiger partial charge in [0.2, 0.25) is 5.91 Å². The number of benzene rings is 1. The maximum Gasteiger partial charge on any atom is 0.224 e. The highest BCUT2D eigenvalue weighted by Crippen LogP contribution is 2.30. The van der Waals surface area contributed by atoms with Crippen molar-refractivity contribution >= 4 is 5.91 Å². The molecule has 160 valence electrons. The molecule has 1 aliphatic carbocycles. The maximum atomic E-state index is 12.8. The Labute approximate surface area is 174 Å². The van der Waals surface area contributed by atoms with Crippen LogP contribution >= 0.6 is 0 Å². The van der Waals surface area contributed by atoms with Gasteiger partial charge in [0.1, 0.15) is 0 Å². The molecular weight excluding hydrogens is 366 g/mol. The van der Waals surface area contributed by atoms with Crippen LogP contribution in [-0.2, 0) is 11.3 Å². The van der Waals surface area contributed by atoms with Crippen molar-refractivity contribution in [2.45, 2.75) is 44.7 Å². The van der Waals surface area contributed by atoms with E-state index in [0.29, 0.717) is 12.0 Å². The van der Waals surface area contributed by atoms with Crippen LogP contribution in [0.25, 0.3) is 0 Å². The van der Waals surface area contributed by atoms with Crippen LogP contribution in [0.15, 0.2) is 18.2 Å². The monoisotopic (exact) mass is 401 g/mol. The number of nitrogens with zero attached hydrogens (tertiary/aromatic N) is 2. The van der Waals surface area contributed by atoms with Gasteiger partial charge in [0.05, 0.1) is 20.1 Å². The van der Waals surface area contributed by atoms with Crippen molar-refractivity contribution in [3.63, 3.8) is 0 Å². The minimum absolute atomic E-state index is 0.0945. The lowest BCUT2D eigenvalue weighted by atomic mass is 9.87. The number of piperidine rings is 1. The van der Waals surface area contributed by atoms with Gasteiger partial charge in [0, 0.05) is 32.2 Å². The van der Waals surface area contributed by atoms with Gasteiger partial charge in [-0.3, -0.25) is 9.69 Å². The van der Waals surface area contributed by atoms with Gasteiger partial charge >= 0.3 is 0 Å². The molecule has 2 saturated heterocycles. The summed E-state index contributed by atoms with van der Waals surface area (Å²) in [7, 11) is 3.33. The normalized spacial score (nSPS) is 25.7. The second-order valence-electron chi connectivity index (χ2n) is 8.97. The second kappa shape index (κ2) is 9.35. The van der Waals surface area contributed by atoms with Crippen LogP contribution in [0.4, 0.5) is 0 Å². The molecule has 0 unspecified atom stereocenters. The molecule has 0 spiro atoms. The Balaban J connectivity index is 1.43. The SMILES string of the molecule is COc1ccc(CN2C[C@@H](CN3CCCC3)C[C@@H](C(=O)NC3CC3)C2)cc1OC. The average molecular weight is 402 g/mol. The number of ether oxygens (including phenoxy) is 2. The predicted octanol–water partition coefficient (Wildman–Crippen LogP) is 2.52. The first-order valence-electron chi connectivity index (χ1n) is 11.1. The molecule has 0 aromatic heterocycles. The summed E-state index contributed by atoms with van der Waals surface area (Å²) < 4.78 is 10.8. The molecular formula is C23H35N3O3. The Morgan fingerprint density at radius 3 is 2.52 bits per heavy atom. The molecule has 1 aromatic rings. The first kappa shape index (κ1) is 20.5. The summed E-state index contributed by atoms with van der Waals surface area (Å²) in [5.74, 6) is 2.42. The summed E-state index contributed by atoms with van der Waals surface area (Å²) in [6.07, 6.45) is 5.93. The fourth-order valence-electron chi connectivity index (χ4n) is 4.87. The van der Waals surface area contributed by atoms with Crippen LogP contribution in [-0.4, -0.2) is 68.7 Å². The van der Waals surface area contributed by atoms with Crippen molar-refractivity contribution in [3.05, 3.63) is 23.8 Å². The maximum absolute atomic E-state index is 12.8. The number of likely N-dealkylation sites (tertiary alicyclic amines) is 2. The van der Waals surface area contributed by atoms with Gasteiger partial charge in [-0.05, 0) is 68.8 Å².